The van der Waals surface area contributed by atoms with Gasteiger partial charge < -0.3 is 24.1 Å². The summed E-state index contributed by atoms with van der Waals surface area (Å²) in [6.07, 6.45) is -0.997. The van der Waals surface area contributed by atoms with Crippen molar-refractivity contribution in [2.45, 2.75) is 39.4 Å². The number of methoxy groups -OCH3 is 2. The van der Waals surface area contributed by atoms with Crippen LogP contribution in [-0.2, 0) is 17.8 Å². The minimum absolute atomic E-state index is 0.00123. The molecule has 4 rings (SSSR count). The van der Waals surface area contributed by atoms with Crippen LogP contribution in [0.15, 0.2) is 48.5 Å². The summed E-state index contributed by atoms with van der Waals surface area (Å²) in [5.41, 5.74) is 1.28. The fraction of sp³-hybridized carbons (Fsp3) is 0.276. The molecule has 1 aliphatic rings. The minimum Gasteiger partial charge on any atom is -0.496 e. The number of hydrogen-bond acceptors (Lipinski definition) is 8. The Kier molecular flexibility index (Phi) is 7.05. The summed E-state index contributed by atoms with van der Waals surface area (Å²) in [4.78, 5) is 40.0. The van der Waals surface area contributed by atoms with E-state index in [0.717, 1.165) is 0 Å². The van der Waals surface area contributed by atoms with E-state index in [-0.39, 0.29) is 58.1 Å². The SMILES string of the molecule is COc1cccc(CO)c1Cc1c(OC(=O)OC(C)(C)C)c(OC)cc2c1C(=O)c1ccccc1C2=O. The molecule has 0 bridgehead atoms. The standard InChI is InChI=1S/C29H28O8/c1-29(2,3)37-28(33)36-27-21(13-19-16(15-30)9-8-12-22(19)34-4)24-20(14-23(27)35-5)25(31)17-10-6-7-11-18(17)26(24)32/h6-12,14,30H,13,15H2,1-5H3. The molecule has 8 nitrogen and oxygen atoms in total. The Labute approximate surface area is 214 Å². The molecule has 37 heavy (non-hydrogen) atoms. The Hall–Kier alpha value is -4.17. The molecule has 1 aliphatic carbocycles. The zero-order valence-corrected chi connectivity index (χ0v) is 21.3. The number of carbonyl (C=O) groups excluding carboxylic acids is 3. The Morgan fingerprint density at radius 1 is 0.838 bits per heavy atom. The van der Waals surface area contributed by atoms with Gasteiger partial charge in [0.25, 0.3) is 0 Å². The molecule has 3 aromatic carbocycles. The number of ketones is 2. The number of ether oxygens (including phenoxy) is 4. The fourth-order valence-electron chi connectivity index (χ4n) is 4.41. The van der Waals surface area contributed by atoms with Crippen LogP contribution in [0.5, 0.6) is 17.2 Å². The first-order valence-corrected chi connectivity index (χ1v) is 11.7. The third-order valence-corrected chi connectivity index (χ3v) is 6.00. The number of hydrogen-bond donors (Lipinski definition) is 1. The highest BCUT2D eigenvalue weighted by molar-refractivity contribution is 6.29. The highest BCUT2D eigenvalue weighted by Gasteiger charge is 2.36. The third kappa shape index (κ3) is 4.93. The Balaban J connectivity index is 2.00. The van der Waals surface area contributed by atoms with Gasteiger partial charge in [0.05, 0.1) is 20.8 Å². The van der Waals surface area contributed by atoms with Crippen LogP contribution in [0.1, 0.15) is 69.3 Å². The maximum atomic E-state index is 13.8. The molecule has 0 aromatic heterocycles. The van der Waals surface area contributed by atoms with Gasteiger partial charge in [-0.25, -0.2) is 4.79 Å². The average Bonchev–Trinajstić information content (AvgIpc) is 2.86. The molecule has 0 amide bonds. The zero-order chi connectivity index (χ0) is 26.9. The number of aliphatic hydroxyl groups excluding tert-OH is 1. The van der Waals surface area contributed by atoms with Gasteiger partial charge in [0.2, 0.25) is 0 Å². The van der Waals surface area contributed by atoms with E-state index in [1.54, 1.807) is 63.2 Å². The summed E-state index contributed by atoms with van der Waals surface area (Å²) in [5.74, 6) is -0.249. The van der Waals surface area contributed by atoms with Crippen molar-refractivity contribution in [3.63, 3.8) is 0 Å². The first kappa shape index (κ1) is 25.9. The molecule has 8 heteroatoms. The average molecular weight is 505 g/mol. The van der Waals surface area contributed by atoms with Gasteiger partial charge in [-0.1, -0.05) is 36.4 Å². The maximum absolute atomic E-state index is 13.8. The van der Waals surface area contributed by atoms with Crippen LogP contribution in [0.3, 0.4) is 0 Å². The van der Waals surface area contributed by atoms with Gasteiger partial charge in [0.15, 0.2) is 23.1 Å². The van der Waals surface area contributed by atoms with E-state index in [4.69, 9.17) is 18.9 Å². The van der Waals surface area contributed by atoms with Crippen molar-refractivity contribution in [1.29, 1.82) is 0 Å². The quantitative estimate of drug-likeness (QED) is 0.293. The topological polar surface area (TPSA) is 108 Å². The van der Waals surface area contributed by atoms with Gasteiger partial charge in [-0.3, -0.25) is 9.59 Å². The van der Waals surface area contributed by atoms with Crippen LogP contribution in [0.2, 0.25) is 0 Å². The first-order chi connectivity index (χ1) is 17.6. The van der Waals surface area contributed by atoms with Crippen molar-refractivity contribution in [3.8, 4) is 17.2 Å². The number of fused-ring (bicyclic) bond motifs is 2. The lowest BCUT2D eigenvalue weighted by molar-refractivity contribution is 0.0198. The molecule has 192 valence electrons. The van der Waals surface area contributed by atoms with Gasteiger partial charge in [-0.15, -0.1) is 0 Å². The van der Waals surface area contributed by atoms with Gasteiger partial charge in [0, 0.05) is 39.8 Å². The van der Waals surface area contributed by atoms with Gasteiger partial charge in [-0.05, 0) is 38.5 Å². The van der Waals surface area contributed by atoms with Crippen molar-refractivity contribution in [3.05, 3.63) is 87.5 Å². The lowest BCUT2D eigenvalue weighted by Gasteiger charge is -2.25. The van der Waals surface area contributed by atoms with E-state index in [1.807, 2.05) is 0 Å². The maximum Gasteiger partial charge on any atom is 0.514 e. The molecule has 0 unspecified atom stereocenters. The normalized spacial score (nSPS) is 12.5. The molecule has 3 aromatic rings. The van der Waals surface area contributed by atoms with Crippen molar-refractivity contribution in [2.24, 2.45) is 0 Å². The van der Waals surface area contributed by atoms with E-state index in [9.17, 15) is 19.5 Å². The summed E-state index contributed by atoms with van der Waals surface area (Å²) in [6, 6.07) is 13.1. The second-order valence-electron chi connectivity index (χ2n) is 9.51. The van der Waals surface area contributed by atoms with Gasteiger partial charge in [0.1, 0.15) is 11.4 Å². The summed E-state index contributed by atoms with van der Waals surface area (Å²) < 4.78 is 22.1. The van der Waals surface area contributed by atoms with Crippen LogP contribution < -0.4 is 14.2 Å². The van der Waals surface area contributed by atoms with Crippen LogP contribution in [0.25, 0.3) is 0 Å². The molecular weight excluding hydrogens is 476 g/mol. The molecule has 0 saturated carbocycles. The molecule has 0 heterocycles. The van der Waals surface area contributed by atoms with Crippen LogP contribution in [0, 0.1) is 0 Å². The Morgan fingerprint density at radius 3 is 2.08 bits per heavy atom. The summed E-state index contributed by atoms with van der Waals surface area (Å²) in [7, 11) is 2.86. The van der Waals surface area contributed by atoms with Gasteiger partial charge in [-0.2, -0.15) is 0 Å². The lowest BCUT2D eigenvalue weighted by Crippen LogP contribution is -2.27. The van der Waals surface area contributed by atoms with Crippen LogP contribution in [-0.4, -0.2) is 42.6 Å². The van der Waals surface area contributed by atoms with Crippen molar-refractivity contribution < 1.29 is 38.4 Å². The predicted octanol–water partition coefficient (Wildman–Crippen LogP) is 4.88. The zero-order valence-electron chi connectivity index (χ0n) is 21.3. The largest absolute Gasteiger partial charge is 0.514 e. The molecule has 0 radical (unpaired) electrons. The predicted molar refractivity (Wildman–Crippen MR) is 135 cm³/mol. The summed E-state index contributed by atoms with van der Waals surface area (Å²) in [6.45, 7) is 4.79. The van der Waals surface area contributed by atoms with Crippen LogP contribution >= 0.6 is 0 Å². The van der Waals surface area contributed by atoms with Crippen molar-refractivity contribution in [2.75, 3.05) is 14.2 Å². The second-order valence-corrected chi connectivity index (χ2v) is 9.51. The molecule has 0 spiro atoms. The molecular formula is C29H28O8. The monoisotopic (exact) mass is 504 g/mol. The van der Waals surface area contributed by atoms with E-state index >= 15 is 0 Å². The highest BCUT2D eigenvalue weighted by atomic mass is 16.7. The smallest absolute Gasteiger partial charge is 0.496 e. The number of aliphatic hydroxyl groups is 1. The van der Waals surface area contributed by atoms with Crippen molar-refractivity contribution in [1.82, 2.24) is 0 Å². The molecule has 0 aliphatic heterocycles. The minimum atomic E-state index is -0.996. The van der Waals surface area contributed by atoms with Crippen LogP contribution in [0.4, 0.5) is 4.79 Å². The van der Waals surface area contributed by atoms with E-state index < -0.39 is 17.5 Å². The molecule has 0 saturated heterocycles. The van der Waals surface area contributed by atoms with E-state index in [1.165, 1.54) is 20.3 Å². The van der Waals surface area contributed by atoms with Gasteiger partial charge >= 0.3 is 6.16 Å². The van der Waals surface area contributed by atoms with E-state index in [2.05, 4.69) is 0 Å². The Bertz CT molecular complexity index is 1380. The van der Waals surface area contributed by atoms with Crippen molar-refractivity contribution >= 4 is 17.7 Å². The summed E-state index contributed by atoms with van der Waals surface area (Å²) >= 11 is 0. The highest BCUT2D eigenvalue weighted by Crippen LogP contribution is 2.43. The second kappa shape index (κ2) is 10.1. The Morgan fingerprint density at radius 2 is 1.49 bits per heavy atom. The number of carbonyl (C=O) groups is 3. The third-order valence-electron chi connectivity index (χ3n) is 6.00. The number of rotatable bonds is 6. The van der Waals surface area contributed by atoms with E-state index in [0.29, 0.717) is 16.9 Å². The fourth-order valence-corrected chi connectivity index (χ4v) is 4.41. The lowest BCUT2D eigenvalue weighted by atomic mass is 9.79. The molecule has 1 N–H and O–H groups in total. The molecule has 0 atom stereocenters. The summed E-state index contributed by atoms with van der Waals surface area (Å²) in [5, 5.41) is 10.0. The first-order valence-electron chi connectivity index (χ1n) is 11.7. The molecule has 0 fully saturated rings. The number of benzene rings is 3.